The minimum atomic E-state index is -0.717. The van der Waals surface area contributed by atoms with E-state index in [0.29, 0.717) is 0 Å². The number of carboxylic acids is 1. The van der Waals surface area contributed by atoms with E-state index in [-0.39, 0.29) is 0 Å². The molecular formula is C10H13NO2S. The van der Waals surface area contributed by atoms with Crippen molar-refractivity contribution in [3.8, 4) is 0 Å². The molecule has 14 heavy (non-hydrogen) atoms. The summed E-state index contributed by atoms with van der Waals surface area (Å²) in [5.74, 6) is -0.717. The van der Waals surface area contributed by atoms with Crippen molar-refractivity contribution in [2.75, 3.05) is 0 Å². The summed E-state index contributed by atoms with van der Waals surface area (Å²) in [5, 5.41) is 12.0. The molecule has 1 aliphatic rings. The molecule has 4 heteroatoms. The Labute approximate surface area is 86.8 Å². The summed E-state index contributed by atoms with van der Waals surface area (Å²) in [5.41, 5.74) is 0.154. The standard InChI is InChI=1S/C10H13NO2S/c1-2-3-8-11-7(6-14-8)10(4-5-10)9(12)13/h6H,2-5H2,1H3,(H,12,13). The highest BCUT2D eigenvalue weighted by Gasteiger charge is 2.53. The van der Waals surface area contributed by atoms with Gasteiger partial charge in [0.15, 0.2) is 0 Å². The minimum Gasteiger partial charge on any atom is -0.481 e. The van der Waals surface area contributed by atoms with E-state index in [0.717, 1.165) is 36.4 Å². The van der Waals surface area contributed by atoms with Crippen LogP contribution in [0.1, 0.15) is 36.9 Å². The predicted octanol–water partition coefficient (Wildman–Crippen LogP) is 2.21. The number of rotatable bonds is 4. The molecule has 0 aromatic carbocycles. The average Bonchev–Trinajstić information content (AvgIpc) is 2.84. The molecule has 1 heterocycles. The monoisotopic (exact) mass is 211 g/mol. The molecule has 0 saturated heterocycles. The zero-order valence-corrected chi connectivity index (χ0v) is 8.93. The Bertz CT molecular complexity index is 355. The van der Waals surface area contributed by atoms with Gasteiger partial charge >= 0.3 is 5.97 Å². The summed E-state index contributed by atoms with van der Waals surface area (Å²) in [6, 6.07) is 0. The summed E-state index contributed by atoms with van der Waals surface area (Å²) >= 11 is 1.58. The van der Waals surface area contributed by atoms with Crippen LogP contribution in [-0.2, 0) is 16.6 Å². The van der Waals surface area contributed by atoms with Gasteiger partial charge < -0.3 is 5.11 Å². The summed E-state index contributed by atoms with van der Waals surface area (Å²) in [6.45, 7) is 2.10. The van der Waals surface area contributed by atoms with Crippen molar-refractivity contribution < 1.29 is 9.90 Å². The number of aliphatic carboxylic acids is 1. The Morgan fingerprint density at radius 3 is 2.93 bits per heavy atom. The SMILES string of the molecule is CCCc1nc(C2(C(=O)O)CC2)cs1. The Balaban J connectivity index is 2.21. The molecule has 0 aliphatic heterocycles. The van der Waals surface area contributed by atoms with Crippen LogP contribution in [-0.4, -0.2) is 16.1 Å². The summed E-state index contributed by atoms with van der Waals surface area (Å²) in [6.07, 6.45) is 3.52. The van der Waals surface area contributed by atoms with Gasteiger partial charge in [-0.2, -0.15) is 0 Å². The van der Waals surface area contributed by atoms with Crippen LogP contribution in [0.2, 0.25) is 0 Å². The maximum Gasteiger partial charge on any atom is 0.315 e. The van der Waals surface area contributed by atoms with Gasteiger partial charge in [0.1, 0.15) is 5.41 Å². The maximum atomic E-state index is 11.0. The number of carboxylic acid groups (broad SMARTS) is 1. The van der Waals surface area contributed by atoms with Gasteiger partial charge in [0, 0.05) is 5.38 Å². The normalized spacial score (nSPS) is 18.1. The van der Waals surface area contributed by atoms with Gasteiger partial charge in [-0.15, -0.1) is 11.3 Å². The van der Waals surface area contributed by atoms with Crippen molar-refractivity contribution in [3.05, 3.63) is 16.1 Å². The van der Waals surface area contributed by atoms with Crippen LogP contribution < -0.4 is 0 Å². The molecule has 2 rings (SSSR count). The molecule has 0 atom stereocenters. The molecule has 0 radical (unpaired) electrons. The van der Waals surface area contributed by atoms with E-state index in [2.05, 4.69) is 11.9 Å². The topological polar surface area (TPSA) is 50.2 Å². The molecule has 0 bridgehead atoms. The van der Waals surface area contributed by atoms with E-state index in [1.807, 2.05) is 5.38 Å². The molecule has 1 fully saturated rings. The zero-order valence-electron chi connectivity index (χ0n) is 8.12. The lowest BCUT2D eigenvalue weighted by Gasteiger charge is -2.04. The first-order chi connectivity index (χ1) is 6.69. The van der Waals surface area contributed by atoms with Gasteiger partial charge in [-0.05, 0) is 25.7 Å². The third kappa shape index (κ3) is 1.43. The second-order valence-electron chi connectivity index (χ2n) is 3.76. The number of thiazole rings is 1. The Kier molecular flexibility index (Phi) is 2.31. The molecule has 0 spiro atoms. The van der Waals surface area contributed by atoms with Gasteiger partial charge in [-0.3, -0.25) is 4.79 Å². The lowest BCUT2D eigenvalue weighted by atomic mass is 10.0. The van der Waals surface area contributed by atoms with Crippen molar-refractivity contribution in [3.63, 3.8) is 0 Å². The van der Waals surface area contributed by atoms with Crippen LogP contribution in [0.25, 0.3) is 0 Å². The first-order valence-corrected chi connectivity index (χ1v) is 5.75. The molecule has 3 nitrogen and oxygen atoms in total. The molecule has 1 N–H and O–H groups in total. The summed E-state index contributed by atoms with van der Waals surface area (Å²) < 4.78 is 0. The Morgan fingerprint density at radius 1 is 1.71 bits per heavy atom. The number of carbonyl (C=O) groups is 1. The van der Waals surface area contributed by atoms with Crippen molar-refractivity contribution >= 4 is 17.3 Å². The Hall–Kier alpha value is -0.900. The fraction of sp³-hybridized carbons (Fsp3) is 0.600. The van der Waals surface area contributed by atoms with E-state index in [1.165, 1.54) is 0 Å². The zero-order chi connectivity index (χ0) is 10.2. The van der Waals surface area contributed by atoms with Gasteiger partial charge in [0.25, 0.3) is 0 Å². The van der Waals surface area contributed by atoms with E-state index in [1.54, 1.807) is 11.3 Å². The summed E-state index contributed by atoms with van der Waals surface area (Å²) in [4.78, 5) is 15.4. The van der Waals surface area contributed by atoms with Crippen LogP contribution in [0.15, 0.2) is 5.38 Å². The molecule has 1 aromatic rings. The molecule has 1 aliphatic carbocycles. The van der Waals surface area contributed by atoms with E-state index in [4.69, 9.17) is 5.11 Å². The van der Waals surface area contributed by atoms with Crippen LogP contribution in [0.5, 0.6) is 0 Å². The van der Waals surface area contributed by atoms with Crippen molar-refractivity contribution in [1.29, 1.82) is 0 Å². The van der Waals surface area contributed by atoms with E-state index < -0.39 is 11.4 Å². The second kappa shape index (κ2) is 3.35. The molecule has 0 unspecified atom stereocenters. The largest absolute Gasteiger partial charge is 0.481 e. The van der Waals surface area contributed by atoms with Gasteiger partial charge in [0.2, 0.25) is 0 Å². The van der Waals surface area contributed by atoms with Crippen molar-refractivity contribution in [2.45, 2.75) is 38.0 Å². The molecule has 0 amide bonds. The quantitative estimate of drug-likeness (QED) is 0.830. The Morgan fingerprint density at radius 2 is 2.43 bits per heavy atom. The predicted molar refractivity (Wildman–Crippen MR) is 54.7 cm³/mol. The molecule has 76 valence electrons. The van der Waals surface area contributed by atoms with Gasteiger partial charge in [0.05, 0.1) is 10.7 Å². The second-order valence-corrected chi connectivity index (χ2v) is 4.71. The van der Waals surface area contributed by atoms with Gasteiger partial charge in [-0.25, -0.2) is 4.98 Å². The lowest BCUT2D eigenvalue weighted by Crippen LogP contribution is -2.19. The summed E-state index contributed by atoms with van der Waals surface area (Å²) in [7, 11) is 0. The third-order valence-electron chi connectivity index (χ3n) is 2.67. The minimum absolute atomic E-state index is 0.623. The number of hydrogen-bond donors (Lipinski definition) is 1. The van der Waals surface area contributed by atoms with Crippen LogP contribution in [0, 0.1) is 0 Å². The van der Waals surface area contributed by atoms with Crippen molar-refractivity contribution in [2.24, 2.45) is 0 Å². The molecule has 1 aromatic heterocycles. The third-order valence-corrected chi connectivity index (χ3v) is 3.57. The first-order valence-electron chi connectivity index (χ1n) is 4.87. The fourth-order valence-corrected chi connectivity index (χ4v) is 2.56. The highest BCUT2D eigenvalue weighted by molar-refractivity contribution is 7.09. The lowest BCUT2D eigenvalue weighted by molar-refractivity contribution is -0.140. The van der Waals surface area contributed by atoms with Gasteiger partial charge in [-0.1, -0.05) is 6.92 Å². The van der Waals surface area contributed by atoms with Crippen LogP contribution in [0.4, 0.5) is 0 Å². The molecule has 1 saturated carbocycles. The first kappa shape index (κ1) is 9.65. The number of aromatic nitrogens is 1. The highest BCUT2D eigenvalue weighted by Crippen LogP contribution is 2.48. The smallest absolute Gasteiger partial charge is 0.315 e. The van der Waals surface area contributed by atoms with E-state index >= 15 is 0 Å². The van der Waals surface area contributed by atoms with Crippen LogP contribution >= 0.6 is 11.3 Å². The fourth-order valence-electron chi connectivity index (χ4n) is 1.56. The van der Waals surface area contributed by atoms with Crippen LogP contribution in [0.3, 0.4) is 0 Å². The maximum absolute atomic E-state index is 11.0. The van der Waals surface area contributed by atoms with Crippen molar-refractivity contribution in [1.82, 2.24) is 4.98 Å². The number of aryl methyl sites for hydroxylation is 1. The number of nitrogens with zero attached hydrogens (tertiary/aromatic N) is 1. The highest BCUT2D eigenvalue weighted by atomic mass is 32.1. The molecular weight excluding hydrogens is 198 g/mol. The average molecular weight is 211 g/mol. The van der Waals surface area contributed by atoms with E-state index in [9.17, 15) is 4.79 Å². The number of hydrogen-bond acceptors (Lipinski definition) is 3.